The number of benzene rings is 2. The number of nitrogens with zero attached hydrogens (tertiary/aromatic N) is 3. The third-order valence-electron chi connectivity index (χ3n) is 6.30. The predicted octanol–water partition coefficient (Wildman–Crippen LogP) is 4.73. The summed E-state index contributed by atoms with van der Waals surface area (Å²) < 4.78 is 62.8. The number of hydrogen-bond donors (Lipinski definition) is 2. The fourth-order valence-corrected chi connectivity index (χ4v) is 4.37. The highest BCUT2D eigenvalue weighted by molar-refractivity contribution is 6.09. The SMILES string of the molecule is COCC(=O)N(C)c1cc(C(F)F)c(-c2cccn3c(C(=O)c4cc(F)c(N)c(F)c4)ccc23)c(N)c1[N+](=O)[O-]. The van der Waals surface area contributed by atoms with Gasteiger partial charge in [0.1, 0.15) is 35.3 Å². The van der Waals surface area contributed by atoms with Gasteiger partial charge >= 0.3 is 5.69 Å². The van der Waals surface area contributed by atoms with Gasteiger partial charge in [0, 0.05) is 42.6 Å². The molecule has 0 saturated carbocycles. The van der Waals surface area contributed by atoms with E-state index in [1.807, 2.05) is 0 Å². The average molecular weight is 559 g/mol. The van der Waals surface area contributed by atoms with Crippen molar-refractivity contribution in [3.8, 4) is 11.1 Å². The van der Waals surface area contributed by atoms with E-state index in [4.69, 9.17) is 16.2 Å². The molecular formula is C26H21F4N5O5. The number of nitro groups is 1. The maximum Gasteiger partial charge on any atom is 0.316 e. The number of anilines is 3. The first-order chi connectivity index (χ1) is 18.9. The van der Waals surface area contributed by atoms with Crippen molar-refractivity contribution in [3.05, 3.63) is 87.2 Å². The van der Waals surface area contributed by atoms with E-state index in [0.29, 0.717) is 0 Å². The topological polar surface area (TPSA) is 146 Å². The number of nitrogens with two attached hydrogens (primary N) is 2. The molecule has 1 amide bonds. The summed E-state index contributed by atoms with van der Waals surface area (Å²) in [6.07, 6.45) is -1.78. The summed E-state index contributed by atoms with van der Waals surface area (Å²) >= 11 is 0. The Balaban J connectivity index is 1.96. The van der Waals surface area contributed by atoms with Crippen LogP contribution in [0.25, 0.3) is 16.6 Å². The number of halogens is 4. The van der Waals surface area contributed by atoms with E-state index in [-0.39, 0.29) is 27.9 Å². The van der Waals surface area contributed by atoms with Gasteiger partial charge in [0.05, 0.1) is 16.1 Å². The highest BCUT2D eigenvalue weighted by Gasteiger charge is 2.32. The number of nitrogen functional groups attached to an aromatic ring is 2. The Morgan fingerprint density at radius 2 is 1.75 bits per heavy atom. The van der Waals surface area contributed by atoms with Crippen LogP contribution >= 0.6 is 0 Å². The quantitative estimate of drug-likeness (QED) is 0.104. The van der Waals surface area contributed by atoms with Gasteiger partial charge in [-0.25, -0.2) is 17.6 Å². The number of rotatable bonds is 8. The summed E-state index contributed by atoms with van der Waals surface area (Å²) in [5.41, 5.74) is 7.38. The number of amides is 1. The molecule has 0 spiro atoms. The molecule has 4 N–H and O–H groups in total. The zero-order chi connectivity index (χ0) is 29.5. The van der Waals surface area contributed by atoms with Gasteiger partial charge in [0.2, 0.25) is 5.78 Å². The van der Waals surface area contributed by atoms with Crippen molar-refractivity contribution in [1.29, 1.82) is 0 Å². The number of methoxy groups -OCH3 is 1. The minimum Gasteiger partial charge on any atom is -0.394 e. The first kappa shape index (κ1) is 28.0. The molecule has 0 fully saturated rings. The fraction of sp³-hybridized carbons (Fsp3) is 0.154. The number of fused-ring (bicyclic) bond motifs is 1. The first-order valence-corrected chi connectivity index (χ1v) is 11.4. The highest BCUT2D eigenvalue weighted by Crippen LogP contribution is 2.47. The van der Waals surface area contributed by atoms with Crippen LogP contribution in [-0.2, 0) is 9.53 Å². The molecule has 2 heterocycles. The molecule has 0 aliphatic heterocycles. The molecule has 0 saturated heterocycles. The Labute approximate surface area is 223 Å². The van der Waals surface area contributed by atoms with Crippen molar-refractivity contribution >= 4 is 40.0 Å². The van der Waals surface area contributed by atoms with Crippen LogP contribution in [0.15, 0.2) is 48.7 Å². The van der Waals surface area contributed by atoms with Crippen molar-refractivity contribution in [2.24, 2.45) is 0 Å². The maximum absolute atomic E-state index is 14.4. The molecule has 208 valence electrons. The Hall–Kier alpha value is -4.98. The van der Waals surface area contributed by atoms with Crippen LogP contribution in [0.2, 0.25) is 0 Å². The summed E-state index contributed by atoms with van der Waals surface area (Å²) in [6.45, 7) is -0.471. The van der Waals surface area contributed by atoms with Crippen LogP contribution in [0.4, 0.5) is 40.3 Å². The van der Waals surface area contributed by atoms with Gasteiger partial charge in [-0.2, -0.15) is 0 Å². The second-order valence-electron chi connectivity index (χ2n) is 8.64. The lowest BCUT2D eigenvalue weighted by molar-refractivity contribution is -0.383. The number of aromatic nitrogens is 1. The number of nitro benzene ring substituents is 1. The second-order valence-corrected chi connectivity index (χ2v) is 8.64. The van der Waals surface area contributed by atoms with E-state index >= 15 is 0 Å². The van der Waals surface area contributed by atoms with Crippen molar-refractivity contribution in [1.82, 2.24) is 4.40 Å². The summed E-state index contributed by atoms with van der Waals surface area (Å²) in [5.74, 6) is -3.83. The summed E-state index contributed by atoms with van der Waals surface area (Å²) in [5, 5.41) is 12.0. The van der Waals surface area contributed by atoms with E-state index in [1.165, 1.54) is 42.0 Å². The van der Waals surface area contributed by atoms with Crippen LogP contribution in [0, 0.1) is 21.7 Å². The lowest BCUT2D eigenvalue weighted by Gasteiger charge is -2.22. The van der Waals surface area contributed by atoms with Crippen LogP contribution < -0.4 is 16.4 Å². The fourth-order valence-electron chi connectivity index (χ4n) is 4.37. The van der Waals surface area contributed by atoms with Crippen molar-refractivity contribution in [3.63, 3.8) is 0 Å². The summed E-state index contributed by atoms with van der Waals surface area (Å²) in [7, 11) is 2.38. The number of likely N-dealkylation sites (N-methyl/N-ethyl adjacent to an activating group) is 1. The molecule has 2 aromatic carbocycles. The van der Waals surface area contributed by atoms with Gasteiger partial charge in [-0.1, -0.05) is 6.07 Å². The first-order valence-electron chi connectivity index (χ1n) is 11.4. The van der Waals surface area contributed by atoms with Gasteiger partial charge in [0.25, 0.3) is 12.3 Å². The van der Waals surface area contributed by atoms with E-state index in [0.717, 1.165) is 30.1 Å². The molecule has 10 nitrogen and oxygen atoms in total. The van der Waals surface area contributed by atoms with E-state index in [9.17, 15) is 37.3 Å². The minimum atomic E-state index is -3.18. The van der Waals surface area contributed by atoms with Crippen LogP contribution in [-0.4, -0.2) is 41.8 Å². The monoisotopic (exact) mass is 559 g/mol. The zero-order valence-electron chi connectivity index (χ0n) is 21.0. The lowest BCUT2D eigenvalue weighted by Crippen LogP contribution is -2.30. The number of alkyl halides is 2. The van der Waals surface area contributed by atoms with Crippen LogP contribution in [0.3, 0.4) is 0 Å². The van der Waals surface area contributed by atoms with E-state index in [1.54, 1.807) is 0 Å². The van der Waals surface area contributed by atoms with Gasteiger partial charge < -0.3 is 25.5 Å². The molecule has 14 heteroatoms. The van der Waals surface area contributed by atoms with Crippen molar-refractivity contribution < 1.29 is 36.8 Å². The standard InChI is InChI=1S/C26H21F4N5O5/c1-33(20(36)11-40-2)19-10-14(26(29)30)21(23(32)24(19)35(38)39)13-4-3-7-34-17(13)5-6-18(34)25(37)12-8-15(27)22(31)16(28)9-12/h3-10,26H,11,31-32H2,1-2H3. The molecule has 0 aliphatic rings. The molecule has 4 aromatic rings. The number of ketones is 1. The third kappa shape index (κ3) is 4.68. The predicted molar refractivity (Wildman–Crippen MR) is 138 cm³/mol. The van der Waals surface area contributed by atoms with Crippen LogP contribution in [0.1, 0.15) is 28.0 Å². The van der Waals surface area contributed by atoms with Crippen molar-refractivity contribution in [2.75, 3.05) is 37.1 Å². The number of ether oxygens (including phenoxy) is 1. The summed E-state index contributed by atoms with van der Waals surface area (Å²) in [6, 6.07) is 7.75. The van der Waals surface area contributed by atoms with Gasteiger partial charge in [-0.15, -0.1) is 0 Å². The molecule has 0 bridgehead atoms. The highest BCUT2D eigenvalue weighted by atomic mass is 19.3. The third-order valence-corrected chi connectivity index (χ3v) is 6.30. The van der Waals surface area contributed by atoms with Crippen LogP contribution in [0.5, 0.6) is 0 Å². The smallest absolute Gasteiger partial charge is 0.316 e. The molecule has 4 rings (SSSR count). The largest absolute Gasteiger partial charge is 0.394 e. The molecule has 0 radical (unpaired) electrons. The maximum atomic E-state index is 14.4. The molecule has 40 heavy (non-hydrogen) atoms. The Kier molecular flexibility index (Phi) is 7.46. The molecule has 2 aromatic heterocycles. The molecule has 0 unspecified atom stereocenters. The van der Waals surface area contributed by atoms with Gasteiger partial charge in [-0.05, 0) is 36.4 Å². The zero-order valence-corrected chi connectivity index (χ0v) is 21.0. The van der Waals surface area contributed by atoms with Crippen molar-refractivity contribution in [2.45, 2.75) is 6.43 Å². The molecular weight excluding hydrogens is 538 g/mol. The summed E-state index contributed by atoms with van der Waals surface area (Å²) in [4.78, 5) is 37.4. The number of carbonyl (C=O) groups excluding carboxylic acids is 2. The molecule has 0 atom stereocenters. The number of carbonyl (C=O) groups is 2. The Morgan fingerprint density at radius 1 is 1.10 bits per heavy atom. The van der Waals surface area contributed by atoms with Gasteiger partial charge in [-0.3, -0.25) is 19.7 Å². The number of hydrogen-bond acceptors (Lipinski definition) is 7. The molecule has 0 aliphatic carbocycles. The normalized spacial score (nSPS) is 11.3. The average Bonchev–Trinajstić information content (AvgIpc) is 3.34. The Morgan fingerprint density at radius 3 is 2.33 bits per heavy atom. The minimum absolute atomic E-state index is 0.00420. The Bertz CT molecular complexity index is 1670. The number of pyridine rings is 1. The van der Waals surface area contributed by atoms with E-state index < -0.39 is 69.6 Å². The second kappa shape index (κ2) is 10.6. The lowest BCUT2D eigenvalue weighted by atomic mass is 9.95. The van der Waals surface area contributed by atoms with Gasteiger partial charge in [0.15, 0.2) is 0 Å². The van der Waals surface area contributed by atoms with E-state index in [2.05, 4.69) is 0 Å².